The van der Waals surface area contributed by atoms with E-state index < -0.39 is 0 Å². The molecule has 0 amide bonds. The van der Waals surface area contributed by atoms with E-state index in [1.54, 1.807) is 23.3 Å². The molecule has 0 radical (unpaired) electrons. The second-order valence-electron chi connectivity index (χ2n) is 6.89. The summed E-state index contributed by atoms with van der Waals surface area (Å²) in [4.78, 5) is 6.10. The molecular weight excluding hydrogens is 394 g/mol. The molecule has 2 aromatic carbocycles. The van der Waals surface area contributed by atoms with Gasteiger partial charge in [0.05, 0.1) is 11.6 Å². The molecule has 1 fully saturated rings. The van der Waals surface area contributed by atoms with Gasteiger partial charge in [0.15, 0.2) is 6.79 Å². The quantitative estimate of drug-likeness (QED) is 0.535. The lowest BCUT2D eigenvalue weighted by Crippen LogP contribution is -2.44. The fourth-order valence-electron chi connectivity index (χ4n) is 3.12. The first-order chi connectivity index (χ1) is 13.6. The summed E-state index contributed by atoms with van der Waals surface area (Å²) in [6, 6.07) is 14.5. The summed E-state index contributed by atoms with van der Waals surface area (Å²) in [7, 11) is 3.79. The number of ether oxygens (including phenoxy) is 2. The van der Waals surface area contributed by atoms with Crippen LogP contribution in [0.4, 0.5) is 11.4 Å². The summed E-state index contributed by atoms with van der Waals surface area (Å²) < 4.78 is 11.8. The van der Waals surface area contributed by atoms with E-state index in [0.717, 1.165) is 49.1 Å². The second kappa shape index (κ2) is 10.3. The number of hydrogen-bond donors (Lipinski definition) is 0. The van der Waals surface area contributed by atoms with E-state index >= 15 is 0 Å². The molecule has 2 aliphatic heterocycles. The molecule has 0 aromatic heterocycles. The summed E-state index contributed by atoms with van der Waals surface area (Å²) in [5, 5.41) is 0. The molecule has 2 heterocycles. The topological polar surface area (TPSA) is 28.2 Å². The SMILES string of the molecule is CN1CCN(c2ccc3c(c2)N(Cl)CS3)CC1.COCOc1ccccc1C. The number of hydrogen-bond acceptors (Lipinski definition) is 6. The third-order valence-corrected chi connectivity index (χ3v) is 6.32. The van der Waals surface area contributed by atoms with Crippen molar-refractivity contribution in [3.8, 4) is 5.75 Å². The number of nitrogens with zero attached hydrogens (tertiary/aromatic N) is 3. The first-order valence-corrected chi connectivity index (χ1v) is 10.7. The predicted molar refractivity (Wildman–Crippen MR) is 119 cm³/mol. The minimum atomic E-state index is 0.310. The first-order valence-electron chi connectivity index (χ1n) is 9.39. The highest BCUT2D eigenvalue weighted by molar-refractivity contribution is 8.00. The van der Waals surface area contributed by atoms with Crippen LogP contribution in [0.2, 0.25) is 0 Å². The molecule has 5 nitrogen and oxygen atoms in total. The third kappa shape index (κ3) is 5.47. The number of benzene rings is 2. The van der Waals surface area contributed by atoms with Crippen LogP contribution >= 0.6 is 23.5 Å². The number of aryl methyl sites for hydroxylation is 1. The predicted octanol–water partition coefficient (Wildman–Crippen LogP) is 4.44. The summed E-state index contributed by atoms with van der Waals surface area (Å²) >= 11 is 7.96. The molecule has 0 bridgehead atoms. The Labute approximate surface area is 177 Å². The van der Waals surface area contributed by atoms with Crippen molar-refractivity contribution in [3.63, 3.8) is 0 Å². The summed E-state index contributed by atoms with van der Waals surface area (Å²) in [5.41, 5.74) is 3.59. The maximum Gasteiger partial charge on any atom is 0.188 e. The van der Waals surface area contributed by atoms with Crippen molar-refractivity contribution < 1.29 is 9.47 Å². The van der Waals surface area contributed by atoms with Crippen LogP contribution in [0.1, 0.15) is 5.56 Å². The van der Waals surface area contributed by atoms with Gasteiger partial charge in [0.1, 0.15) is 5.75 Å². The Hall–Kier alpha value is -1.60. The van der Waals surface area contributed by atoms with Gasteiger partial charge in [-0.2, -0.15) is 0 Å². The zero-order valence-electron chi connectivity index (χ0n) is 16.7. The van der Waals surface area contributed by atoms with Crippen molar-refractivity contribution in [3.05, 3.63) is 48.0 Å². The van der Waals surface area contributed by atoms with Gasteiger partial charge < -0.3 is 19.3 Å². The molecule has 152 valence electrons. The zero-order chi connectivity index (χ0) is 19.9. The largest absolute Gasteiger partial charge is 0.467 e. The van der Waals surface area contributed by atoms with Crippen molar-refractivity contribution in [2.45, 2.75) is 11.8 Å². The number of methoxy groups -OCH3 is 1. The van der Waals surface area contributed by atoms with Crippen molar-refractivity contribution in [2.75, 3.05) is 62.3 Å². The number of fused-ring (bicyclic) bond motifs is 1. The Morgan fingerprint density at radius 1 is 1.07 bits per heavy atom. The Morgan fingerprint density at radius 3 is 2.54 bits per heavy atom. The molecule has 0 N–H and O–H groups in total. The van der Waals surface area contributed by atoms with Crippen LogP contribution in [0.5, 0.6) is 5.75 Å². The van der Waals surface area contributed by atoms with Crippen molar-refractivity contribution in [1.82, 2.24) is 4.90 Å². The monoisotopic (exact) mass is 421 g/mol. The van der Waals surface area contributed by atoms with Crippen LogP contribution in [-0.2, 0) is 4.74 Å². The molecule has 2 aromatic rings. The molecule has 2 aliphatic rings. The summed E-state index contributed by atoms with van der Waals surface area (Å²) in [6.07, 6.45) is 0. The maximum atomic E-state index is 6.16. The number of anilines is 2. The molecular formula is C21H28ClN3O2S. The van der Waals surface area contributed by atoms with Crippen molar-refractivity contribution in [1.29, 1.82) is 0 Å². The Morgan fingerprint density at radius 2 is 1.82 bits per heavy atom. The van der Waals surface area contributed by atoms with Gasteiger partial charge in [-0.05, 0) is 43.8 Å². The molecule has 0 saturated carbocycles. The van der Waals surface area contributed by atoms with Crippen LogP contribution in [0.15, 0.2) is 47.4 Å². The first kappa shape index (κ1) is 21.1. The Bertz CT molecular complexity index is 769. The lowest BCUT2D eigenvalue weighted by atomic mass is 10.2. The summed E-state index contributed by atoms with van der Waals surface area (Å²) in [5.74, 6) is 1.73. The lowest BCUT2D eigenvalue weighted by molar-refractivity contribution is 0.0506. The van der Waals surface area contributed by atoms with Crippen LogP contribution in [0.25, 0.3) is 0 Å². The van der Waals surface area contributed by atoms with E-state index in [4.69, 9.17) is 21.3 Å². The van der Waals surface area contributed by atoms with Gasteiger partial charge in [0.25, 0.3) is 0 Å². The highest BCUT2D eigenvalue weighted by Crippen LogP contribution is 2.41. The number of halogens is 1. The Kier molecular flexibility index (Phi) is 7.73. The zero-order valence-corrected chi connectivity index (χ0v) is 18.3. The fraction of sp³-hybridized carbons (Fsp3) is 0.429. The molecule has 4 rings (SSSR count). The molecule has 7 heteroatoms. The van der Waals surface area contributed by atoms with Crippen LogP contribution in [-0.4, -0.2) is 57.9 Å². The number of thioether (sulfide) groups is 1. The number of rotatable bonds is 4. The van der Waals surface area contributed by atoms with E-state index in [1.165, 1.54) is 10.6 Å². The number of para-hydroxylation sites is 1. The summed E-state index contributed by atoms with van der Waals surface area (Å²) in [6.45, 7) is 6.79. The molecule has 0 unspecified atom stereocenters. The molecule has 1 saturated heterocycles. The van der Waals surface area contributed by atoms with E-state index in [-0.39, 0.29) is 0 Å². The van der Waals surface area contributed by atoms with Gasteiger partial charge in [-0.25, -0.2) is 0 Å². The van der Waals surface area contributed by atoms with Crippen LogP contribution < -0.4 is 14.1 Å². The van der Waals surface area contributed by atoms with Crippen LogP contribution in [0, 0.1) is 6.92 Å². The average Bonchev–Trinajstić information content (AvgIpc) is 3.09. The van der Waals surface area contributed by atoms with E-state index in [1.807, 2.05) is 31.2 Å². The smallest absolute Gasteiger partial charge is 0.188 e. The van der Waals surface area contributed by atoms with Gasteiger partial charge in [-0.3, -0.25) is 4.42 Å². The van der Waals surface area contributed by atoms with Gasteiger partial charge in [-0.15, -0.1) is 11.8 Å². The standard InChI is InChI=1S/C12H16ClN3S.C9H12O2/c1-14-4-6-15(7-5-14)10-2-3-12-11(8-10)16(13)9-17-12;1-8-5-3-4-6-9(8)11-7-10-2/h2-3,8H,4-7,9H2,1H3;3-6H,7H2,1-2H3. The van der Waals surface area contributed by atoms with E-state index in [0.29, 0.717) is 6.79 Å². The second-order valence-corrected chi connectivity index (χ2v) is 8.29. The van der Waals surface area contributed by atoms with Crippen molar-refractivity contribution in [2.24, 2.45) is 0 Å². The highest BCUT2D eigenvalue weighted by Gasteiger charge is 2.21. The van der Waals surface area contributed by atoms with Gasteiger partial charge in [0.2, 0.25) is 0 Å². The number of piperazine rings is 1. The molecule has 0 atom stereocenters. The average molecular weight is 422 g/mol. The molecule has 28 heavy (non-hydrogen) atoms. The minimum Gasteiger partial charge on any atom is -0.467 e. The Balaban J connectivity index is 0.000000178. The maximum absolute atomic E-state index is 6.16. The highest BCUT2D eigenvalue weighted by atomic mass is 35.5. The minimum absolute atomic E-state index is 0.310. The van der Waals surface area contributed by atoms with Gasteiger partial charge >= 0.3 is 0 Å². The van der Waals surface area contributed by atoms with E-state index in [9.17, 15) is 0 Å². The van der Waals surface area contributed by atoms with Gasteiger partial charge in [0, 0.05) is 55.6 Å². The number of likely N-dealkylation sites (N-methyl/N-ethyl adjacent to an activating group) is 1. The normalized spacial score (nSPS) is 16.4. The van der Waals surface area contributed by atoms with Crippen LogP contribution in [0.3, 0.4) is 0 Å². The molecule has 0 aliphatic carbocycles. The third-order valence-electron chi connectivity index (χ3n) is 4.83. The lowest BCUT2D eigenvalue weighted by Gasteiger charge is -2.34. The van der Waals surface area contributed by atoms with Gasteiger partial charge in [-0.1, -0.05) is 18.2 Å². The molecule has 0 spiro atoms. The fourth-order valence-corrected chi connectivity index (χ4v) is 4.32. The van der Waals surface area contributed by atoms with Crippen molar-refractivity contribution >= 4 is 34.9 Å². The van der Waals surface area contributed by atoms with E-state index in [2.05, 4.69) is 35.0 Å².